The first-order valence-electron chi connectivity index (χ1n) is 10.6. The van der Waals surface area contributed by atoms with E-state index in [0.29, 0.717) is 13.0 Å². The lowest BCUT2D eigenvalue weighted by molar-refractivity contribution is 0.00216. The Labute approximate surface area is 178 Å². The van der Waals surface area contributed by atoms with Gasteiger partial charge in [0.25, 0.3) is 8.32 Å². The maximum atomic E-state index is 10.9. The summed E-state index contributed by atoms with van der Waals surface area (Å²) in [6, 6.07) is 21.3. The lowest BCUT2D eigenvalue weighted by Crippen LogP contribution is -2.67. The Bertz CT molecular complexity index is 723. The Balaban J connectivity index is 2.47. The van der Waals surface area contributed by atoms with E-state index in [1.165, 1.54) is 10.4 Å². The van der Waals surface area contributed by atoms with E-state index in [9.17, 15) is 5.11 Å². The van der Waals surface area contributed by atoms with Crippen molar-refractivity contribution in [3.63, 3.8) is 0 Å². The minimum Gasteiger partial charge on any atom is -0.407 e. The summed E-state index contributed by atoms with van der Waals surface area (Å²) in [4.78, 5) is 0. The topological polar surface area (TPSA) is 29.5 Å². The van der Waals surface area contributed by atoms with E-state index in [4.69, 9.17) is 4.43 Å². The van der Waals surface area contributed by atoms with Crippen molar-refractivity contribution in [3.05, 3.63) is 73.3 Å². The molecule has 0 aliphatic heterocycles. The summed E-state index contributed by atoms with van der Waals surface area (Å²) in [5.74, 6) is 0.275. The summed E-state index contributed by atoms with van der Waals surface area (Å²) >= 11 is 0. The third-order valence-electron chi connectivity index (χ3n) is 5.98. The molecule has 0 aliphatic carbocycles. The second-order valence-electron chi connectivity index (χ2n) is 9.90. The highest BCUT2D eigenvalue weighted by Crippen LogP contribution is 2.38. The molecule has 0 heterocycles. The predicted molar refractivity (Wildman–Crippen MR) is 127 cm³/mol. The number of hydrogen-bond acceptors (Lipinski definition) is 2. The number of aliphatic hydroxyl groups is 1. The summed E-state index contributed by atoms with van der Waals surface area (Å²) in [5, 5.41) is 13.4. The van der Waals surface area contributed by atoms with Crippen LogP contribution < -0.4 is 10.4 Å². The highest BCUT2D eigenvalue weighted by atomic mass is 28.4. The van der Waals surface area contributed by atoms with E-state index in [1.54, 1.807) is 0 Å². The van der Waals surface area contributed by atoms with Crippen LogP contribution in [0.4, 0.5) is 0 Å². The molecule has 2 atom stereocenters. The number of aliphatic hydroxyl groups excluding tert-OH is 1. The van der Waals surface area contributed by atoms with Crippen LogP contribution in [0.2, 0.25) is 5.04 Å². The largest absolute Gasteiger partial charge is 0.407 e. The molecule has 2 aromatic carbocycles. The molecule has 0 spiro atoms. The second kappa shape index (κ2) is 9.42. The molecule has 0 radical (unpaired) electrons. The normalized spacial score (nSPS) is 15.0. The van der Waals surface area contributed by atoms with Crippen LogP contribution in [0.25, 0.3) is 0 Å². The molecule has 2 aromatic rings. The fourth-order valence-corrected chi connectivity index (χ4v) is 8.66. The van der Waals surface area contributed by atoms with Crippen molar-refractivity contribution in [3.8, 4) is 0 Å². The molecular formula is C26H38O2Si. The minimum atomic E-state index is -2.58. The van der Waals surface area contributed by atoms with Crippen LogP contribution in [0, 0.1) is 11.3 Å². The number of allylic oxidation sites excluding steroid dienone is 1. The zero-order chi connectivity index (χ0) is 21.7. The zero-order valence-electron chi connectivity index (χ0n) is 19.0. The molecule has 3 heteroatoms. The highest BCUT2D eigenvalue weighted by molar-refractivity contribution is 6.99. The lowest BCUT2D eigenvalue weighted by Gasteiger charge is -2.45. The van der Waals surface area contributed by atoms with E-state index in [2.05, 4.69) is 109 Å². The Hall–Kier alpha value is -1.68. The van der Waals surface area contributed by atoms with Crippen molar-refractivity contribution in [1.29, 1.82) is 0 Å². The van der Waals surface area contributed by atoms with Gasteiger partial charge in [0.1, 0.15) is 0 Å². The van der Waals surface area contributed by atoms with Crippen LogP contribution in [0.3, 0.4) is 0 Å². The van der Waals surface area contributed by atoms with Gasteiger partial charge in [0.05, 0.1) is 6.10 Å². The lowest BCUT2D eigenvalue weighted by atomic mass is 9.83. The minimum absolute atomic E-state index is 0.0643. The number of rotatable bonds is 9. The van der Waals surface area contributed by atoms with Gasteiger partial charge < -0.3 is 9.53 Å². The monoisotopic (exact) mass is 410 g/mol. The summed E-state index contributed by atoms with van der Waals surface area (Å²) in [6.07, 6.45) is 2.15. The molecule has 2 nitrogen and oxygen atoms in total. The van der Waals surface area contributed by atoms with Gasteiger partial charge in [0.2, 0.25) is 0 Å². The van der Waals surface area contributed by atoms with E-state index in [0.717, 1.165) is 0 Å². The van der Waals surface area contributed by atoms with Gasteiger partial charge in [0.15, 0.2) is 0 Å². The summed E-state index contributed by atoms with van der Waals surface area (Å²) in [7, 11) is -2.58. The van der Waals surface area contributed by atoms with E-state index < -0.39 is 14.4 Å². The van der Waals surface area contributed by atoms with Gasteiger partial charge in [-0.2, -0.15) is 0 Å². The maximum Gasteiger partial charge on any atom is 0.261 e. The molecule has 158 valence electrons. The van der Waals surface area contributed by atoms with E-state index >= 15 is 0 Å². The molecule has 0 fully saturated rings. The van der Waals surface area contributed by atoms with Gasteiger partial charge >= 0.3 is 0 Å². The van der Waals surface area contributed by atoms with Gasteiger partial charge in [-0.25, -0.2) is 0 Å². The third-order valence-corrected chi connectivity index (χ3v) is 11.0. The second-order valence-corrected chi connectivity index (χ2v) is 14.2. The molecule has 0 bridgehead atoms. The molecule has 0 unspecified atom stereocenters. The zero-order valence-corrected chi connectivity index (χ0v) is 20.0. The van der Waals surface area contributed by atoms with Crippen molar-refractivity contribution in [2.75, 3.05) is 6.61 Å². The molecule has 0 saturated carbocycles. The van der Waals surface area contributed by atoms with Crippen molar-refractivity contribution >= 4 is 18.7 Å². The van der Waals surface area contributed by atoms with Crippen LogP contribution in [0.1, 0.15) is 48.0 Å². The molecule has 0 aliphatic rings. The van der Waals surface area contributed by atoms with Crippen molar-refractivity contribution < 1.29 is 9.53 Å². The summed E-state index contributed by atoms with van der Waals surface area (Å²) in [5.41, 5.74) is -0.357. The molecule has 0 saturated heterocycles. The van der Waals surface area contributed by atoms with Crippen LogP contribution in [0.5, 0.6) is 0 Å². The van der Waals surface area contributed by atoms with E-state index in [1.807, 2.05) is 6.08 Å². The van der Waals surface area contributed by atoms with Gasteiger partial charge in [-0.1, -0.05) is 108 Å². The standard InChI is InChI=1S/C26H38O2Si/c1-8-21(2)19-24(27)26(6,7)20-28-29(25(3,4)5,22-15-11-9-12-16-22)23-17-13-10-14-18-23/h8-18,21,24,27H,1,19-20H2,2-7H3/t21-,24+/m0/s1. The molecule has 2 rings (SSSR count). The molecule has 0 aromatic heterocycles. The fourth-order valence-electron chi connectivity index (χ4n) is 3.92. The van der Waals surface area contributed by atoms with Crippen LogP contribution in [-0.4, -0.2) is 26.1 Å². The Kier molecular flexibility index (Phi) is 7.66. The van der Waals surface area contributed by atoms with Gasteiger partial charge in [0, 0.05) is 12.0 Å². The predicted octanol–water partition coefficient (Wildman–Crippen LogP) is 5.16. The van der Waals surface area contributed by atoms with Crippen molar-refractivity contribution in [1.82, 2.24) is 0 Å². The Morgan fingerprint density at radius 1 is 0.931 bits per heavy atom. The average molecular weight is 411 g/mol. The summed E-state index contributed by atoms with van der Waals surface area (Å²) in [6.45, 7) is 17.5. The van der Waals surface area contributed by atoms with Crippen LogP contribution in [-0.2, 0) is 4.43 Å². The van der Waals surface area contributed by atoms with E-state index in [-0.39, 0.29) is 16.4 Å². The molecular weight excluding hydrogens is 372 g/mol. The van der Waals surface area contributed by atoms with Crippen molar-refractivity contribution in [2.24, 2.45) is 11.3 Å². The van der Waals surface area contributed by atoms with Crippen LogP contribution in [0.15, 0.2) is 73.3 Å². The fraction of sp³-hybridized carbons (Fsp3) is 0.462. The van der Waals surface area contributed by atoms with Crippen LogP contribution >= 0.6 is 0 Å². The van der Waals surface area contributed by atoms with Crippen molar-refractivity contribution in [2.45, 2.75) is 59.1 Å². The smallest absolute Gasteiger partial charge is 0.261 e. The Morgan fingerprint density at radius 2 is 1.38 bits per heavy atom. The van der Waals surface area contributed by atoms with Gasteiger partial charge in [-0.15, -0.1) is 6.58 Å². The highest BCUT2D eigenvalue weighted by Gasteiger charge is 2.51. The van der Waals surface area contributed by atoms with Gasteiger partial charge in [-0.3, -0.25) is 0 Å². The summed E-state index contributed by atoms with van der Waals surface area (Å²) < 4.78 is 7.02. The molecule has 1 N–H and O–H groups in total. The SMILES string of the molecule is C=C[C@H](C)C[C@@H](O)C(C)(C)CO[Si](c1ccccc1)(c1ccccc1)C(C)(C)C. The Morgan fingerprint density at radius 3 is 1.76 bits per heavy atom. The first kappa shape index (κ1) is 23.6. The maximum absolute atomic E-state index is 10.9. The number of benzene rings is 2. The third kappa shape index (κ3) is 5.27. The molecule has 29 heavy (non-hydrogen) atoms. The first-order chi connectivity index (χ1) is 13.5. The average Bonchev–Trinajstić information content (AvgIpc) is 2.68. The van der Waals surface area contributed by atoms with Gasteiger partial charge in [-0.05, 0) is 27.8 Å². The molecule has 0 amide bonds. The quantitative estimate of drug-likeness (QED) is 0.457. The first-order valence-corrected chi connectivity index (χ1v) is 12.5. The number of hydrogen-bond donors (Lipinski definition) is 1.